The molecule has 5 nitrogen and oxygen atoms in total. The first kappa shape index (κ1) is 24.7. The monoisotopic (exact) mass is 484 g/mol. The summed E-state index contributed by atoms with van der Waals surface area (Å²) >= 11 is 0. The summed E-state index contributed by atoms with van der Waals surface area (Å²) in [6.07, 6.45) is 5.99. The Labute approximate surface area is 214 Å². The van der Waals surface area contributed by atoms with Crippen LogP contribution in [0.25, 0.3) is 10.8 Å². The van der Waals surface area contributed by atoms with Crippen molar-refractivity contribution in [3.63, 3.8) is 0 Å². The summed E-state index contributed by atoms with van der Waals surface area (Å²) in [5, 5.41) is 6.03. The van der Waals surface area contributed by atoms with Crippen molar-refractivity contribution in [1.29, 1.82) is 0 Å². The van der Waals surface area contributed by atoms with Crippen molar-refractivity contribution in [2.45, 2.75) is 45.0 Å². The maximum absolute atomic E-state index is 6.45. The Morgan fingerprint density at radius 3 is 2.56 bits per heavy atom. The average Bonchev–Trinajstić information content (AvgIpc) is 2.95. The van der Waals surface area contributed by atoms with Crippen molar-refractivity contribution in [3.8, 4) is 0 Å². The second kappa shape index (κ2) is 12.8. The summed E-state index contributed by atoms with van der Waals surface area (Å²) in [6.45, 7) is 4.51. The van der Waals surface area contributed by atoms with Crippen molar-refractivity contribution in [3.05, 3.63) is 95.7 Å². The van der Waals surface area contributed by atoms with Gasteiger partial charge >= 0.3 is 0 Å². The molecule has 0 amide bonds. The lowest BCUT2D eigenvalue weighted by Crippen LogP contribution is -2.43. The summed E-state index contributed by atoms with van der Waals surface area (Å²) < 4.78 is 18.1. The van der Waals surface area contributed by atoms with Crippen LogP contribution in [-0.4, -0.2) is 38.3 Å². The van der Waals surface area contributed by atoms with E-state index in [9.17, 15) is 0 Å². The molecule has 1 N–H and O–H groups in total. The first-order valence-electron chi connectivity index (χ1n) is 13.2. The Morgan fingerprint density at radius 1 is 0.833 bits per heavy atom. The van der Waals surface area contributed by atoms with Crippen LogP contribution in [0.3, 0.4) is 0 Å². The SMILES string of the molecule is C1=C(C2CCNCC2OCc2ccc3ccccc3c2)CCC(OCCCOCc2ccccc2)=N1. The summed E-state index contributed by atoms with van der Waals surface area (Å²) in [5.41, 5.74) is 3.81. The largest absolute Gasteiger partial charge is 0.481 e. The maximum Gasteiger partial charge on any atom is 0.188 e. The van der Waals surface area contributed by atoms with Gasteiger partial charge in [0.25, 0.3) is 0 Å². The molecule has 0 aliphatic carbocycles. The van der Waals surface area contributed by atoms with Gasteiger partial charge in [-0.2, -0.15) is 0 Å². The minimum Gasteiger partial charge on any atom is -0.481 e. The van der Waals surface area contributed by atoms with E-state index in [-0.39, 0.29) is 6.10 Å². The number of aliphatic imine (C=N–C) groups is 1. The third-order valence-electron chi connectivity index (χ3n) is 7.00. The fraction of sp³-hybridized carbons (Fsp3) is 0.387. The van der Waals surface area contributed by atoms with Crippen LogP contribution < -0.4 is 5.32 Å². The summed E-state index contributed by atoms with van der Waals surface area (Å²) in [7, 11) is 0. The summed E-state index contributed by atoms with van der Waals surface area (Å²) in [6, 6.07) is 25.3. The Morgan fingerprint density at radius 2 is 1.69 bits per heavy atom. The minimum absolute atomic E-state index is 0.163. The zero-order chi connectivity index (χ0) is 24.4. The molecule has 188 valence electrons. The molecule has 0 spiro atoms. The third kappa shape index (κ3) is 6.82. The number of nitrogens with zero attached hydrogens (tertiary/aromatic N) is 1. The Bertz CT molecular complexity index is 1170. The van der Waals surface area contributed by atoms with Gasteiger partial charge in [-0.3, -0.25) is 0 Å². The van der Waals surface area contributed by atoms with Crippen LogP contribution in [0, 0.1) is 5.92 Å². The highest BCUT2D eigenvalue weighted by Crippen LogP contribution is 2.30. The molecular formula is C31H36N2O3. The van der Waals surface area contributed by atoms with Gasteiger partial charge in [-0.05, 0) is 52.9 Å². The van der Waals surface area contributed by atoms with Crippen LogP contribution in [0.2, 0.25) is 0 Å². The molecular weight excluding hydrogens is 448 g/mol. The molecule has 36 heavy (non-hydrogen) atoms. The van der Waals surface area contributed by atoms with Gasteiger partial charge in [0.2, 0.25) is 0 Å². The van der Waals surface area contributed by atoms with E-state index in [1.165, 1.54) is 27.5 Å². The number of hydrogen-bond donors (Lipinski definition) is 1. The van der Waals surface area contributed by atoms with Crippen molar-refractivity contribution >= 4 is 16.7 Å². The van der Waals surface area contributed by atoms with E-state index in [1.807, 2.05) is 24.4 Å². The van der Waals surface area contributed by atoms with Crippen LogP contribution in [-0.2, 0) is 27.4 Å². The van der Waals surface area contributed by atoms with Crippen molar-refractivity contribution in [2.75, 3.05) is 26.3 Å². The smallest absolute Gasteiger partial charge is 0.188 e. The van der Waals surface area contributed by atoms with Crippen LogP contribution in [0.4, 0.5) is 0 Å². The standard InChI is InChI=1S/C31H36N2O3/c1-2-7-24(8-3-1)22-34-17-6-18-35-31-14-13-28(20-33-31)29-15-16-32-21-30(29)36-23-25-11-12-26-9-4-5-10-27(26)19-25/h1-5,7-12,19-20,29-30,32H,6,13-18,21-23H2. The molecule has 5 heteroatoms. The topological polar surface area (TPSA) is 52.1 Å². The van der Waals surface area contributed by atoms with Gasteiger partial charge in [-0.1, -0.05) is 66.7 Å². The number of hydrogen-bond acceptors (Lipinski definition) is 5. The molecule has 0 saturated carbocycles. The quantitative estimate of drug-likeness (QED) is 0.357. The van der Waals surface area contributed by atoms with Crippen LogP contribution >= 0.6 is 0 Å². The van der Waals surface area contributed by atoms with Crippen LogP contribution in [0.15, 0.2) is 89.6 Å². The molecule has 2 aliphatic heterocycles. The molecule has 2 unspecified atom stereocenters. The number of benzene rings is 3. The van der Waals surface area contributed by atoms with Crippen molar-refractivity contribution in [2.24, 2.45) is 10.9 Å². The molecule has 2 atom stereocenters. The van der Waals surface area contributed by atoms with E-state index in [2.05, 4.69) is 64.9 Å². The molecule has 1 saturated heterocycles. The van der Waals surface area contributed by atoms with Gasteiger partial charge in [0.05, 0.1) is 32.5 Å². The van der Waals surface area contributed by atoms with Gasteiger partial charge in [0.15, 0.2) is 5.90 Å². The molecule has 1 fully saturated rings. The second-order valence-electron chi connectivity index (χ2n) is 9.60. The highest BCUT2D eigenvalue weighted by Gasteiger charge is 2.30. The van der Waals surface area contributed by atoms with Gasteiger partial charge in [-0.25, -0.2) is 4.99 Å². The first-order valence-corrected chi connectivity index (χ1v) is 13.2. The fourth-order valence-corrected chi connectivity index (χ4v) is 5.00. The minimum atomic E-state index is 0.163. The van der Waals surface area contributed by atoms with E-state index in [1.54, 1.807) is 0 Å². The number of piperidine rings is 1. The molecule has 3 aromatic carbocycles. The van der Waals surface area contributed by atoms with Crippen molar-refractivity contribution in [1.82, 2.24) is 5.32 Å². The van der Waals surface area contributed by atoms with Gasteiger partial charge in [0, 0.05) is 31.5 Å². The number of ether oxygens (including phenoxy) is 3. The van der Waals surface area contributed by atoms with Gasteiger partial charge in [0.1, 0.15) is 0 Å². The zero-order valence-corrected chi connectivity index (χ0v) is 20.9. The Balaban J connectivity index is 1.08. The number of fused-ring (bicyclic) bond motifs is 1. The first-order chi connectivity index (χ1) is 17.8. The van der Waals surface area contributed by atoms with Crippen LogP contribution in [0.1, 0.15) is 36.8 Å². The van der Waals surface area contributed by atoms with Crippen LogP contribution in [0.5, 0.6) is 0 Å². The molecule has 0 radical (unpaired) electrons. The maximum atomic E-state index is 6.45. The van der Waals surface area contributed by atoms with Crippen molar-refractivity contribution < 1.29 is 14.2 Å². The normalized spacial score (nSPS) is 20.1. The highest BCUT2D eigenvalue weighted by molar-refractivity contribution is 5.83. The molecule has 0 aromatic heterocycles. The van der Waals surface area contributed by atoms with Gasteiger partial charge < -0.3 is 19.5 Å². The third-order valence-corrected chi connectivity index (χ3v) is 7.00. The van der Waals surface area contributed by atoms with E-state index < -0.39 is 0 Å². The molecule has 3 aromatic rings. The fourth-order valence-electron chi connectivity index (χ4n) is 5.00. The Hall–Kier alpha value is -2.99. The zero-order valence-electron chi connectivity index (χ0n) is 20.9. The van der Waals surface area contributed by atoms with E-state index in [0.717, 1.165) is 44.7 Å². The highest BCUT2D eigenvalue weighted by atomic mass is 16.5. The average molecular weight is 485 g/mol. The van der Waals surface area contributed by atoms with E-state index >= 15 is 0 Å². The summed E-state index contributed by atoms with van der Waals surface area (Å²) in [4.78, 5) is 4.65. The lowest BCUT2D eigenvalue weighted by molar-refractivity contribution is -0.00238. The lowest BCUT2D eigenvalue weighted by Gasteiger charge is -2.34. The van der Waals surface area contributed by atoms with Gasteiger partial charge in [-0.15, -0.1) is 0 Å². The number of nitrogens with one attached hydrogen (secondary N) is 1. The van der Waals surface area contributed by atoms with E-state index in [0.29, 0.717) is 32.3 Å². The predicted octanol–water partition coefficient (Wildman–Crippen LogP) is 6.03. The molecule has 0 bridgehead atoms. The molecule has 5 rings (SSSR count). The molecule has 2 heterocycles. The molecule has 2 aliphatic rings. The second-order valence-corrected chi connectivity index (χ2v) is 9.60. The Kier molecular flexibility index (Phi) is 8.79. The summed E-state index contributed by atoms with van der Waals surface area (Å²) in [5.74, 6) is 1.24. The number of rotatable bonds is 10. The predicted molar refractivity (Wildman–Crippen MR) is 145 cm³/mol. The lowest BCUT2D eigenvalue weighted by atomic mass is 9.85. The van der Waals surface area contributed by atoms with E-state index in [4.69, 9.17) is 14.2 Å².